The molecule has 1 aromatic heterocycles. The van der Waals surface area contributed by atoms with Crippen LogP contribution in [0, 0.1) is 16.0 Å². The normalized spacial score (nSPS) is 12.0. The van der Waals surface area contributed by atoms with Crippen LogP contribution >= 0.6 is 22.9 Å². The number of rotatable bonds is 6. The minimum Gasteiger partial charge on any atom is -0.258 e. The molecule has 0 aromatic carbocycles. The molecule has 1 heterocycles. The molecule has 0 saturated heterocycles. The molecule has 18 heavy (non-hydrogen) atoms. The van der Waals surface area contributed by atoms with Crippen LogP contribution in [0.5, 0.6) is 0 Å². The minimum absolute atomic E-state index is 0.135. The van der Waals surface area contributed by atoms with Gasteiger partial charge in [-0.25, -0.2) is 13.1 Å². The molecule has 0 atom stereocenters. The lowest BCUT2D eigenvalue weighted by atomic mass is 10.1. The van der Waals surface area contributed by atoms with Gasteiger partial charge in [0.15, 0.2) is 4.34 Å². The largest absolute Gasteiger partial charge is 0.300 e. The zero-order valence-corrected chi connectivity index (χ0v) is 12.2. The molecule has 1 rings (SSSR count). The van der Waals surface area contributed by atoms with Crippen LogP contribution in [0.15, 0.2) is 10.3 Å². The molecule has 0 bridgehead atoms. The number of thiophene rings is 1. The molecule has 0 radical (unpaired) electrons. The Kier molecular flexibility index (Phi) is 5.09. The summed E-state index contributed by atoms with van der Waals surface area (Å²) >= 11 is 6.30. The molecule has 0 fully saturated rings. The van der Waals surface area contributed by atoms with Crippen LogP contribution in [-0.4, -0.2) is 19.9 Å². The zero-order chi connectivity index (χ0) is 13.9. The summed E-state index contributed by atoms with van der Waals surface area (Å²) in [6, 6.07) is 0.977. The molecule has 0 amide bonds. The Labute approximate surface area is 114 Å². The number of hydrogen-bond acceptors (Lipinski definition) is 5. The Hall–Kier alpha value is -0.700. The zero-order valence-electron chi connectivity index (χ0n) is 9.84. The van der Waals surface area contributed by atoms with Gasteiger partial charge in [0.1, 0.15) is 4.21 Å². The second-order valence-corrected chi connectivity index (χ2v) is 7.71. The number of nitrogens with zero attached hydrogens (tertiary/aromatic N) is 1. The van der Waals surface area contributed by atoms with Crippen molar-refractivity contribution >= 4 is 38.6 Å². The van der Waals surface area contributed by atoms with E-state index in [0.717, 1.165) is 6.07 Å². The van der Waals surface area contributed by atoms with Gasteiger partial charge in [0, 0.05) is 12.6 Å². The fourth-order valence-electron chi connectivity index (χ4n) is 1.15. The first-order valence-electron chi connectivity index (χ1n) is 5.17. The van der Waals surface area contributed by atoms with E-state index in [0.29, 0.717) is 30.2 Å². The maximum absolute atomic E-state index is 11.8. The molecular formula is C9H13ClN2O4S2. The number of sulfonamides is 1. The SMILES string of the molecule is CC(C)CCNS(=O)(=O)c1cc([N+](=O)[O-])c(Cl)s1. The van der Waals surface area contributed by atoms with Gasteiger partial charge in [-0.1, -0.05) is 25.4 Å². The van der Waals surface area contributed by atoms with Crippen molar-refractivity contribution in [2.75, 3.05) is 6.54 Å². The summed E-state index contributed by atoms with van der Waals surface area (Å²) in [5.41, 5.74) is -0.383. The molecule has 0 unspecified atom stereocenters. The molecule has 0 aliphatic rings. The first-order chi connectivity index (χ1) is 8.24. The summed E-state index contributed by atoms with van der Waals surface area (Å²) in [6.45, 7) is 4.24. The van der Waals surface area contributed by atoms with Crippen molar-refractivity contribution in [3.63, 3.8) is 0 Å². The van der Waals surface area contributed by atoms with E-state index in [2.05, 4.69) is 4.72 Å². The standard InChI is InChI=1S/C9H13ClN2O4S2/c1-6(2)3-4-11-18(15,16)8-5-7(12(13)14)9(10)17-8/h5-6,11H,3-4H2,1-2H3. The molecule has 9 heteroatoms. The molecule has 0 saturated carbocycles. The number of hydrogen-bond donors (Lipinski definition) is 1. The van der Waals surface area contributed by atoms with Crippen LogP contribution in [0.3, 0.4) is 0 Å². The Balaban J connectivity index is 2.85. The monoisotopic (exact) mass is 312 g/mol. The highest BCUT2D eigenvalue weighted by Crippen LogP contribution is 2.36. The van der Waals surface area contributed by atoms with Crippen LogP contribution < -0.4 is 4.72 Å². The van der Waals surface area contributed by atoms with Gasteiger partial charge in [-0.05, 0) is 12.3 Å². The molecule has 0 aliphatic heterocycles. The Morgan fingerprint density at radius 3 is 2.61 bits per heavy atom. The van der Waals surface area contributed by atoms with E-state index in [1.54, 1.807) is 0 Å². The van der Waals surface area contributed by atoms with Crippen molar-refractivity contribution in [2.45, 2.75) is 24.5 Å². The topological polar surface area (TPSA) is 89.3 Å². The summed E-state index contributed by atoms with van der Waals surface area (Å²) in [5, 5.41) is 10.6. The highest BCUT2D eigenvalue weighted by Gasteiger charge is 2.24. The van der Waals surface area contributed by atoms with Crippen molar-refractivity contribution in [2.24, 2.45) is 5.92 Å². The van der Waals surface area contributed by atoms with E-state index in [9.17, 15) is 18.5 Å². The van der Waals surface area contributed by atoms with E-state index in [4.69, 9.17) is 11.6 Å². The van der Waals surface area contributed by atoms with Gasteiger partial charge in [-0.15, -0.1) is 11.3 Å². The minimum atomic E-state index is -3.71. The average molecular weight is 313 g/mol. The third kappa shape index (κ3) is 3.91. The van der Waals surface area contributed by atoms with Crippen LogP contribution in [0.1, 0.15) is 20.3 Å². The van der Waals surface area contributed by atoms with Crippen LogP contribution in [0.25, 0.3) is 0 Å². The smallest absolute Gasteiger partial charge is 0.258 e. The second-order valence-electron chi connectivity index (χ2n) is 4.06. The van der Waals surface area contributed by atoms with Crippen molar-refractivity contribution < 1.29 is 13.3 Å². The third-order valence-electron chi connectivity index (χ3n) is 2.12. The fraction of sp³-hybridized carbons (Fsp3) is 0.556. The summed E-state index contributed by atoms with van der Waals surface area (Å²) < 4.78 is 25.8. The predicted octanol–water partition coefficient (Wildman–Crippen LogP) is 2.63. The van der Waals surface area contributed by atoms with Gasteiger partial charge in [-0.3, -0.25) is 10.1 Å². The fourth-order valence-corrected chi connectivity index (χ4v) is 3.91. The molecule has 1 aromatic rings. The van der Waals surface area contributed by atoms with E-state index < -0.39 is 14.9 Å². The van der Waals surface area contributed by atoms with E-state index in [1.165, 1.54) is 0 Å². The van der Waals surface area contributed by atoms with Crippen molar-refractivity contribution in [3.8, 4) is 0 Å². The molecular weight excluding hydrogens is 300 g/mol. The maximum Gasteiger partial charge on any atom is 0.300 e. The molecule has 0 spiro atoms. The van der Waals surface area contributed by atoms with Gasteiger partial charge in [0.05, 0.1) is 4.92 Å². The van der Waals surface area contributed by atoms with Gasteiger partial charge in [-0.2, -0.15) is 0 Å². The Morgan fingerprint density at radius 1 is 1.56 bits per heavy atom. The molecule has 102 valence electrons. The number of halogens is 1. The Morgan fingerprint density at radius 2 is 2.17 bits per heavy atom. The quantitative estimate of drug-likeness (QED) is 0.646. The van der Waals surface area contributed by atoms with Gasteiger partial charge in [0.25, 0.3) is 5.69 Å². The lowest BCUT2D eigenvalue weighted by Gasteiger charge is -2.06. The first kappa shape index (κ1) is 15.4. The lowest BCUT2D eigenvalue weighted by molar-refractivity contribution is -0.384. The van der Waals surface area contributed by atoms with E-state index in [-0.39, 0.29) is 14.2 Å². The van der Waals surface area contributed by atoms with Gasteiger partial charge in [0.2, 0.25) is 10.0 Å². The van der Waals surface area contributed by atoms with Crippen molar-refractivity contribution in [3.05, 3.63) is 20.5 Å². The third-order valence-corrected chi connectivity index (χ3v) is 5.39. The van der Waals surface area contributed by atoms with Crippen molar-refractivity contribution in [1.29, 1.82) is 0 Å². The predicted molar refractivity (Wildman–Crippen MR) is 70.6 cm³/mol. The summed E-state index contributed by atoms with van der Waals surface area (Å²) in [5.74, 6) is 0.369. The second kappa shape index (κ2) is 5.96. The van der Waals surface area contributed by atoms with Crippen LogP contribution in [0.2, 0.25) is 4.34 Å². The lowest BCUT2D eigenvalue weighted by Crippen LogP contribution is -2.24. The van der Waals surface area contributed by atoms with E-state index >= 15 is 0 Å². The highest BCUT2D eigenvalue weighted by atomic mass is 35.5. The first-order valence-corrected chi connectivity index (χ1v) is 7.85. The number of nitrogens with one attached hydrogen (secondary N) is 1. The summed E-state index contributed by atoms with van der Waals surface area (Å²) in [7, 11) is -3.71. The molecule has 1 N–H and O–H groups in total. The molecule has 6 nitrogen and oxygen atoms in total. The van der Waals surface area contributed by atoms with Gasteiger partial charge < -0.3 is 0 Å². The number of nitro groups is 1. The van der Waals surface area contributed by atoms with E-state index in [1.807, 2.05) is 13.8 Å². The maximum atomic E-state index is 11.8. The van der Waals surface area contributed by atoms with Crippen molar-refractivity contribution in [1.82, 2.24) is 4.72 Å². The van der Waals surface area contributed by atoms with Crippen LogP contribution in [-0.2, 0) is 10.0 Å². The summed E-state index contributed by atoms with van der Waals surface area (Å²) in [6.07, 6.45) is 0.695. The van der Waals surface area contributed by atoms with Gasteiger partial charge >= 0.3 is 0 Å². The van der Waals surface area contributed by atoms with Crippen LogP contribution in [0.4, 0.5) is 5.69 Å². The Bertz CT molecular complexity index is 539. The summed E-state index contributed by atoms with van der Waals surface area (Å²) in [4.78, 5) is 9.88. The highest BCUT2D eigenvalue weighted by molar-refractivity contribution is 7.91. The average Bonchev–Trinajstić information content (AvgIpc) is 2.60. The molecule has 0 aliphatic carbocycles.